The molecule has 0 amide bonds. The molecule has 0 aliphatic carbocycles. The predicted octanol–water partition coefficient (Wildman–Crippen LogP) is 2.59. The number of nitrogens with one attached hydrogen (secondary N) is 1. The summed E-state index contributed by atoms with van der Waals surface area (Å²) in [6, 6.07) is 10.8. The van der Waals surface area contributed by atoms with Gasteiger partial charge in [-0.1, -0.05) is 18.2 Å². The highest BCUT2D eigenvalue weighted by Gasteiger charge is 2.18. The average molecular weight is 287 g/mol. The third-order valence-electron chi connectivity index (χ3n) is 4.98. The number of para-hydroxylation sites is 1. The Kier molecular flexibility index (Phi) is 5.53. The fourth-order valence-electron chi connectivity index (χ4n) is 3.64. The molecule has 1 N–H and O–H groups in total. The van der Waals surface area contributed by atoms with Crippen LogP contribution in [0.25, 0.3) is 0 Å². The molecule has 1 aromatic rings. The number of rotatable bonds is 5. The van der Waals surface area contributed by atoms with Crippen LogP contribution in [0.4, 0.5) is 5.69 Å². The topological polar surface area (TPSA) is 18.5 Å². The lowest BCUT2D eigenvalue weighted by molar-refractivity contribution is 0.240. The lowest BCUT2D eigenvalue weighted by Crippen LogP contribution is -2.46. The minimum atomic E-state index is 0.935. The Bertz CT molecular complexity index is 392. The van der Waals surface area contributed by atoms with Gasteiger partial charge >= 0.3 is 0 Å². The molecule has 3 rings (SSSR count). The monoisotopic (exact) mass is 287 g/mol. The van der Waals surface area contributed by atoms with Crippen molar-refractivity contribution in [3.05, 3.63) is 30.3 Å². The number of piperidine rings is 1. The van der Waals surface area contributed by atoms with E-state index < -0.39 is 0 Å². The van der Waals surface area contributed by atoms with Gasteiger partial charge in [-0.15, -0.1) is 0 Å². The van der Waals surface area contributed by atoms with Gasteiger partial charge in [0.25, 0.3) is 0 Å². The summed E-state index contributed by atoms with van der Waals surface area (Å²) in [6.07, 6.45) is 5.60. The maximum atomic E-state index is 3.53. The third-order valence-corrected chi connectivity index (χ3v) is 4.98. The van der Waals surface area contributed by atoms with Gasteiger partial charge in [0.1, 0.15) is 0 Å². The Morgan fingerprint density at radius 1 is 1.05 bits per heavy atom. The van der Waals surface area contributed by atoms with Crippen molar-refractivity contribution in [2.45, 2.75) is 25.7 Å². The molecular weight excluding hydrogens is 258 g/mol. The van der Waals surface area contributed by atoms with E-state index in [2.05, 4.69) is 45.4 Å². The zero-order valence-electron chi connectivity index (χ0n) is 13.1. The van der Waals surface area contributed by atoms with Crippen molar-refractivity contribution in [3.8, 4) is 0 Å². The van der Waals surface area contributed by atoms with Crippen LogP contribution in [0.15, 0.2) is 30.3 Å². The summed E-state index contributed by atoms with van der Waals surface area (Å²) in [5, 5.41) is 3.53. The van der Waals surface area contributed by atoms with E-state index in [1.165, 1.54) is 77.2 Å². The highest BCUT2D eigenvalue weighted by Crippen LogP contribution is 2.18. The molecule has 1 aromatic carbocycles. The standard InChI is InChI=1S/C18H29N3/c1-2-8-18(9-3-1)21-14-12-20(13-15-21)11-5-7-17-6-4-10-19-16-17/h1-3,8-9,17,19H,4-7,10-16H2. The number of benzene rings is 1. The second kappa shape index (κ2) is 7.81. The Morgan fingerprint density at radius 3 is 2.57 bits per heavy atom. The van der Waals surface area contributed by atoms with Crippen LogP contribution in [-0.2, 0) is 0 Å². The van der Waals surface area contributed by atoms with Crippen LogP contribution in [0, 0.1) is 5.92 Å². The maximum absolute atomic E-state index is 3.53. The van der Waals surface area contributed by atoms with Crippen LogP contribution < -0.4 is 10.2 Å². The van der Waals surface area contributed by atoms with Crippen LogP contribution in [0.1, 0.15) is 25.7 Å². The van der Waals surface area contributed by atoms with Crippen LogP contribution in [0.5, 0.6) is 0 Å². The largest absolute Gasteiger partial charge is 0.369 e. The second-order valence-electron chi connectivity index (χ2n) is 6.52. The van der Waals surface area contributed by atoms with Gasteiger partial charge in [-0.05, 0) is 63.4 Å². The van der Waals surface area contributed by atoms with E-state index in [1.807, 2.05) is 0 Å². The fourth-order valence-corrected chi connectivity index (χ4v) is 3.64. The van der Waals surface area contributed by atoms with Crippen molar-refractivity contribution in [1.82, 2.24) is 10.2 Å². The van der Waals surface area contributed by atoms with Crippen LogP contribution in [-0.4, -0.2) is 50.7 Å². The highest BCUT2D eigenvalue weighted by molar-refractivity contribution is 5.46. The molecule has 0 aromatic heterocycles. The summed E-state index contributed by atoms with van der Waals surface area (Å²) in [6.45, 7) is 8.57. The zero-order valence-corrected chi connectivity index (χ0v) is 13.1. The van der Waals surface area contributed by atoms with Crippen molar-refractivity contribution < 1.29 is 0 Å². The molecular formula is C18H29N3. The predicted molar refractivity (Wildman–Crippen MR) is 89.9 cm³/mol. The molecule has 116 valence electrons. The molecule has 2 aliphatic heterocycles. The number of piperazine rings is 1. The Balaban J connectivity index is 1.34. The second-order valence-corrected chi connectivity index (χ2v) is 6.52. The van der Waals surface area contributed by atoms with E-state index in [4.69, 9.17) is 0 Å². The lowest BCUT2D eigenvalue weighted by Gasteiger charge is -2.36. The van der Waals surface area contributed by atoms with E-state index in [1.54, 1.807) is 0 Å². The van der Waals surface area contributed by atoms with Gasteiger partial charge in [0.15, 0.2) is 0 Å². The molecule has 1 unspecified atom stereocenters. The minimum absolute atomic E-state index is 0.935. The van der Waals surface area contributed by atoms with Gasteiger partial charge in [0.2, 0.25) is 0 Å². The Labute approximate surface area is 129 Å². The highest BCUT2D eigenvalue weighted by atomic mass is 15.3. The van der Waals surface area contributed by atoms with Gasteiger partial charge in [0, 0.05) is 31.9 Å². The van der Waals surface area contributed by atoms with E-state index in [0.29, 0.717) is 0 Å². The molecule has 21 heavy (non-hydrogen) atoms. The van der Waals surface area contributed by atoms with Crippen LogP contribution in [0.2, 0.25) is 0 Å². The molecule has 2 aliphatic rings. The normalized spacial score (nSPS) is 24.2. The maximum Gasteiger partial charge on any atom is 0.0367 e. The first-order chi connectivity index (χ1) is 10.4. The fraction of sp³-hybridized carbons (Fsp3) is 0.667. The zero-order chi connectivity index (χ0) is 14.3. The molecule has 2 fully saturated rings. The van der Waals surface area contributed by atoms with Gasteiger partial charge in [-0.25, -0.2) is 0 Å². The molecule has 0 bridgehead atoms. The SMILES string of the molecule is c1ccc(N2CCN(CCCC3CCCNC3)CC2)cc1. The summed E-state index contributed by atoms with van der Waals surface area (Å²) in [5.41, 5.74) is 1.38. The van der Waals surface area contributed by atoms with Crippen LogP contribution in [0.3, 0.4) is 0 Å². The summed E-state index contributed by atoms with van der Waals surface area (Å²) in [4.78, 5) is 5.16. The number of hydrogen-bond acceptors (Lipinski definition) is 3. The molecule has 3 heteroatoms. The summed E-state index contributed by atoms with van der Waals surface area (Å²) in [7, 11) is 0. The summed E-state index contributed by atoms with van der Waals surface area (Å²) < 4.78 is 0. The Hall–Kier alpha value is -1.06. The van der Waals surface area contributed by atoms with E-state index in [-0.39, 0.29) is 0 Å². The molecule has 2 saturated heterocycles. The summed E-state index contributed by atoms with van der Waals surface area (Å²) in [5.74, 6) is 0.935. The lowest BCUT2D eigenvalue weighted by atomic mass is 9.94. The minimum Gasteiger partial charge on any atom is -0.369 e. The molecule has 1 atom stereocenters. The number of nitrogens with zero attached hydrogens (tertiary/aromatic N) is 2. The third kappa shape index (κ3) is 4.45. The van der Waals surface area contributed by atoms with Crippen molar-refractivity contribution in [1.29, 1.82) is 0 Å². The molecule has 3 nitrogen and oxygen atoms in total. The van der Waals surface area contributed by atoms with Crippen molar-refractivity contribution >= 4 is 5.69 Å². The first kappa shape index (κ1) is 14.9. The quantitative estimate of drug-likeness (QED) is 0.898. The number of hydrogen-bond donors (Lipinski definition) is 1. The van der Waals surface area contributed by atoms with E-state index in [9.17, 15) is 0 Å². The average Bonchev–Trinajstić information content (AvgIpc) is 2.57. The first-order valence-corrected chi connectivity index (χ1v) is 8.65. The van der Waals surface area contributed by atoms with E-state index >= 15 is 0 Å². The van der Waals surface area contributed by atoms with Gasteiger partial charge in [-0.2, -0.15) is 0 Å². The molecule has 0 saturated carbocycles. The first-order valence-electron chi connectivity index (χ1n) is 8.65. The van der Waals surface area contributed by atoms with E-state index in [0.717, 1.165) is 5.92 Å². The molecule has 0 spiro atoms. The Morgan fingerprint density at radius 2 is 1.86 bits per heavy atom. The van der Waals surface area contributed by atoms with Crippen molar-refractivity contribution in [2.75, 3.05) is 50.7 Å². The molecule has 2 heterocycles. The van der Waals surface area contributed by atoms with Gasteiger partial charge in [0.05, 0.1) is 0 Å². The van der Waals surface area contributed by atoms with Crippen molar-refractivity contribution in [2.24, 2.45) is 5.92 Å². The number of anilines is 1. The van der Waals surface area contributed by atoms with Crippen LogP contribution >= 0.6 is 0 Å². The summed E-state index contributed by atoms with van der Waals surface area (Å²) >= 11 is 0. The van der Waals surface area contributed by atoms with Gasteiger partial charge in [-0.3, -0.25) is 4.90 Å². The smallest absolute Gasteiger partial charge is 0.0367 e. The van der Waals surface area contributed by atoms with Crippen molar-refractivity contribution in [3.63, 3.8) is 0 Å². The van der Waals surface area contributed by atoms with Gasteiger partial charge < -0.3 is 10.2 Å². The molecule has 0 radical (unpaired) electrons.